The first-order valence-electron chi connectivity index (χ1n) is 30.9. The van der Waals surface area contributed by atoms with Gasteiger partial charge in [0.1, 0.15) is 72.5 Å². The Labute approximate surface area is 563 Å². The minimum absolute atomic E-state index is 0.00840. The standard InChI is InChI=1S/C59H82N16O24/c1-26(60)57(96)74-15-9-13-39(74)54(93)62-24-41(77)73-46(30(5)76)56(95)65-28(3)48(87)68-36(20-43(80)81)53(92)72-38(22-45(84)85)58(97)75-16-10-14-40(75)55(94)71-37(21-44(82)83)52(91)69-33(17-31-11-7-6-8-12-31)51(90)70-34(18-32-23-61-25-63-32)49(88)64-27(2)47(86)67-35(19-42(78)79)50(89)66-29(4)59(98)99/h6-8,11-12,23,25-30,33-40,46,76H,9-10,13-22,24,60H2,1-5H3,(H,61,63)(H,62,93)(H,64,88)(H,65,95)(H,66,89)(H,67,86)(H,68,87)(H,69,91)(H,70,90)(H,71,94)(H,72,92)(H,73,77)(H,78,79)(H,80,81)(H,82,83)(H,84,85)(H,98,99)/t26-,27-,28-,29-,30+,33-,34-,35-,36-,37-,38-,39-,40-,46-/m0/s1. The van der Waals surface area contributed by atoms with Gasteiger partial charge in [0.2, 0.25) is 76.8 Å². The molecule has 2 saturated heterocycles. The highest BCUT2D eigenvalue weighted by Crippen LogP contribution is 2.21. The maximum Gasteiger partial charge on any atom is 0.325 e. The summed E-state index contributed by atoms with van der Waals surface area (Å²) in [6, 6.07) is -13.7. The molecule has 40 heteroatoms. The van der Waals surface area contributed by atoms with Crippen molar-refractivity contribution in [2.45, 2.75) is 183 Å². The third-order valence-corrected chi connectivity index (χ3v) is 15.3. The number of aliphatic carboxylic acids is 5. The van der Waals surface area contributed by atoms with E-state index in [0.29, 0.717) is 12.0 Å². The number of imidazole rings is 1. The van der Waals surface area contributed by atoms with E-state index in [1.165, 1.54) is 36.5 Å². The number of hydrogen-bond acceptors (Lipinski definition) is 21. The average Bonchev–Trinajstić information content (AvgIpc) is 1.77. The monoisotopic (exact) mass is 1400 g/mol. The Bertz CT molecular complexity index is 3330. The van der Waals surface area contributed by atoms with Crippen LogP contribution < -0.4 is 64.2 Å². The Morgan fingerprint density at radius 1 is 0.495 bits per heavy atom. The van der Waals surface area contributed by atoms with Gasteiger partial charge in [0.15, 0.2) is 0 Å². The van der Waals surface area contributed by atoms with E-state index in [2.05, 4.69) is 63.1 Å². The molecule has 14 atom stereocenters. The Morgan fingerprint density at radius 3 is 1.38 bits per heavy atom. The number of aliphatic hydroxyl groups is 1. The molecule has 2 aliphatic heterocycles. The average molecular weight is 1400 g/mol. The zero-order valence-electron chi connectivity index (χ0n) is 54.3. The summed E-state index contributed by atoms with van der Waals surface area (Å²) in [5.74, 6) is -22.6. The van der Waals surface area contributed by atoms with Crippen molar-refractivity contribution in [2.24, 2.45) is 5.73 Å². The normalized spacial score (nSPS) is 17.7. The number of aromatic nitrogens is 2. The van der Waals surface area contributed by atoms with Crippen molar-refractivity contribution >= 4 is 107 Å². The van der Waals surface area contributed by atoms with Crippen LogP contribution in [0.5, 0.6) is 0 Å². The molecule has 0 aliphatic carbocycles. The topological polar surface area (TPSA) is 622 Å². The zero-order chi connectivity index (χ0) is 74.1. The van der Waals surface area contributed by atoms with Crippen LogP contribution in [-0.4, -0.2) is 261 Å². The summed E-state index contributed by atoms with van der Waals surface area (Å²) in [5.41, 5.74) is 6.23. The molecule has 40 nitrogen and oxygen atoms in total. The van der Waals surface area contributed by atoms with Crippen molar-refractivity contribution in [1.82, 2.24) is 78.3 Å². The van der Waals surface area contributed by atoms with Crippen molar-refractivity contribution in [1.29, 1.82) is 0 Å². The highest BCUT2D eigenvalue weighted by Gasteiger charge is 2.43. The first kappa shape index (κ1) is 80.2. The largest absolute Gasteiger partial charge is 0.481 e. The van der Waals surface area contributed by atoms with Crippen LogP contribution >= 0.6 is 0 Å². The fraction of sp³-hybridized carbons (Fsp3) is 0.542. The van der Waals surface area contributed by atoms with E-state index in [9.17, 15) is 117 Å². The summed E-state index contributed by atoms with van der Waals surface area (Å²) in [6.45, 7) is 4.97. The summed E-state index contributed by atoms with van der Waals surface area (Å²) < 4.78 is 0. The molecule has 2 aromatic rings. The summed E-state index contributed by atoms with van der Waals surface area (Å²) >= 11 is 0. The van der Waals surface area contributed by atoms with Crippen LogP contribution in [0.15, 0.2) is 42.9 Å². The summed E-state index contributed by atoms with van der Waals surface area (Å²) in [5, 5.41) is 83.1. The number of carboxylic acid groups (broad SMARTS) is 5. The van der Waals surface area contributed by atoms with Gasteiger partial charge in [0.25, 0.3) is 0 Å². The quantitative estimate of drug-likeness (QED) is 0.0297. The van der Waals surface area contributed by atoms with Gasteiger partial charge in [-0.05, 0) is 65.9 Å². The van der Waals surface area contributed by atoms with E-state index >= 15 is 0 Å². The van der Waals surface area contributed by atoms with Gasteiger partial charge in [0.05, 0.1) is 56.4 Å². The van der Waals surface area contributed by atoms with Gasteiger partial charge in [-0.2, -0.15) is 0 Å². The molecule has 0 unspecified atom stereocenters. The molecule has 2 fully saturated rings. The van der Waals surface area contributed by atoms with Crippen LogP contribution in [0.4, 0.5) is 0 Å². The summed E-state index contributed by atoms with van der Waals surface area (Å²) in [4.78, 5) is 244. The fourth-order valence-electron chi connectivity index (χ4n) is 10.2. The van der Waals surface area contributed by atoms with Crippen molar-refractivity contribution in [3.63, 3.8) is 0 Å². The molecular formula is C59H82N16O24. The summed E-state index contributed by atoms with van der Waals surface area (Å²) in [7, 11) is 0. The first-order chi connectivity index (χ1) is 46.5. The van der Waals surface area contributed by atoms with Crippen LogP contribution in [0, 0.1) is 0 Å². The van der Waals surface area contributed by atoms with Crippen molar-refractivity contribution in [3.8, 4) is 0 Å². The highest BCUT2D eigenvalue weighted by atomic mass is 16.4. The molecule has 1 aromatic carbocycles. The second-order valence-corrected chi connectivity index (χ2v) is 23.4. The minimum atomic E-state index is -2.12. The number of nitrogens with two attached hydrogens (primary N) is 1. The minimum Gasteiger partial charge on any atom is -0.481 e. The number of hydrogen-bond donors (Lipinski definition) is 19. The van der Waals surface area contributed by atoms with Crippen LogP contribution in [0.25, 0.3) is 0 Å². The molecule has 20 N–H and O–H groups in total. The molecule has 0 bridgehead atoms. The number of likely N-dealkylation sites (tertiary alicyclic amines) is 2. The molecule has 1 aromatic heterocycles. The van der Waals surface area contributed by atoms with Gasteiger partial charge in [-0.25, -0.2) is 4.98 Å². The Kier molecular flexibility index (Phi) is 30.7. The van der Waals surface area contributed by atoms with E-state index in [1.807, 2.05) is 5.32 Å². The number of H-pyrrole nitrogens is 1. The number of rotatable bonds is 38. The lowest BCUT2D eigenvalue weighted by molar-refractivity contribution is -0.147. The fourth-order valence-corrected chi connectivity index (χ4v) is 10.2. The van der Waals surface area contributed by atoms with Gasteiger partial charge in [-0.15, -0.1) is 0 Å². The zero-order valence-corrected chi connectivity index (χ0v) is 54.3. The van der Waals surface area contributed by atoms with Gasteiger partial charge in [0, 0.05) is 32.1 Å². The van der Waals surface area contributed by atoms with Crippen LogP contribution in [0.1, 0.15) is 97.2 Å². The number of carbonyl (C=O) groups excluding carboxylic acids is 13. The van der Waals surface area contributed by atoms with Gasteiger partial charge in [-0.3, -0.25) is 86.3 Å². The number of aromatic amines is 1. The number of carboxylic acids is 5. The molecule has 542 valence electrons. The van der Waals surface area contributed by atoms with Gasteiger partial charge < -0.3 is 110 Å². The lowest BCUT2D eigenvalue weighted by Crippen LogP contribution is -2.61. The molecule has 99 heavy (non-hydrogen) atoms. The van der Waals surface area contributed by atoms with Crippen molar-refractivity contribution < 1.29 is 117 Å². The Hall–Kier alpha value is -11.2. The molecule has 0 saturated carbocycles. The third kappa shape index (κ3) is 25.4. The second-order valence-electron chi connectivity index (χ2n) is 23.4. The predicted molar refractivity (Wildman–Crippen MR) is 333 cm³/mol. The summed E-state index contributed by atoms with van der Waals surface area (Å²) in [6.07, 6.45) is -3.94. The van der Waals surface area contributed by atoms with Crippen LogP contribution in [0.3, 0.4) is 0 Å². The van der Waals surface area contributed by atoms with Crippen molar-refractivity contribution in [3.05, 3.63) is 54.1 Å². The van der Waals surface area contributed by atoms with Crippen LogP contribution in [-0.2, 0) is 99.1 Å². The first-order valence-corrected chi connectivity index (χ1v) is 30.9. The van der Waals surface area contributed by atoms with Gasteiger partial charge >= 0.3 is 29.8 Å². The SMILES string of the molecule is C[C@H](N)C(=O)N1CCC[C@H]1C(=O)NCC(=O)N[C@H](C(=O)N[C@@H](C)C(=O)N[C@@H](CC(=O)O)C(=O)N[C@@H](CC(=O)O)C(=O)N1CCC[C@H]1C(=O)N[C@@H](CC(=O)O)C(=O)N[C@@H](Cc1ccccc1)C(=O)N[C@@H](Cc1c[nH]cn1)C(=O)N[C@@H](C)C(=O)N[C@@H](CC(=O)O)C(=O)N[C@@H](C)C(=O)O)[C@@H](C)O. The molecule has 0 radical (unpaired) electrons. The lowest BCUT2D eigenvalue weighted by atomic mass is 10.0. The molecule has 0 spiro atoms. The maximum absolute atomic E-state index is 14.4. The number of amides is 13. The molecule has 2 aliphatic rings. The molecule has 3 heterocycles. The maximum atomic E-state index is 14.4. The predicted octanol–water partition coefficient (Wildman–Crippen LogP) is -8.09. The number of carbonyl (C=O) groups is 18. The van der Waals surface area contributed by atoms with E-state index < -0.39 is 230 Å². The van der Waals surface area contributed by atoms with E-state index in [4.69, 9.17) is 5.73 Å². The molecule has 13 amide bonds. The Morgan fingerprint density at radius 2 is 0.909 bits per heavy atom. The van der Waals surface area contributed by atoms with Crippen LogP contribution in [0.2, 0.25) is 0 Å². The van der Waals surface area contributed by atoms with Crippen molar-refractivity contribution in [2.75, 3.05) is 19.6 Å². The number of aliphatic hydroxyl groups excluding tert-OH is 1. The van der Waals surface area contributed by atoms with E-state index in [0.717, 1.165) is 32.6 Å². The second kappa shape index (κ2) is 37.9. The smallest absolute Gasteiger partial charge is 0.325 e. The highest BCUT2D eigenvalue weighted by molar-refractivity contribution is 6.02. The van der Waals surface area contributed by atoms with Gasteiger partial charge in [-0.1, -0.05) is 30.3 Å². The number of nitrogens with zero attached hydrogens (tertiary/aromatic N) is 3. The number of benzene rings is 1. The lowest BCUT2D eigenvalue weighted by Gasteiger charge is -2.30. The number of nitrogens with one attached hydrogen (secondary N) is 12. The molecule has 4 rings (SSSR count). The third-order valence-electron chi connectivity index (χ3n) is 15.3. The Balaban J connectivity index is 1.49. The van der Waals surface area contributed by atoms with E-state index in [-0.39, 0.29) is 44.5 Å². The van der Waals surface area contributed by atoms with E-state index in [1.54, 1.807) is 18.2 Å². The molecular weight excluding hydrogens is 1320 g/mol.